The Labute approximate surface area is 169 Å². The topological polar surface area (TPSA) is 96.9 Å². The minimum absolute atomic E-state index is 0.243. The molecule has 1 unspecified atom stereocenters. The van der Waals surface area contributed by atoms with E-state index in [0.717, 1.165) is 29.3 Å². The molecular weight excluding hydrogens is 364 g/mol. The number of nitrogens with two attached hydrogens (primary N) is 1. The second-order valence-corrected chi connectivity index (χ2v) is 7.09. The largest absolute Gasteiger partial charge is 0.446 e. The quantitative estimate of drug-likeness (QED) is 0.400. The third-order valence-electron chi connectivity index (χ3n) is 4.96. The molecule has 1 amide bonds. The lowest BCUT2D eigenvalue weighted by Gasteiger charge is -2.06. The van der Waals surface area contributed by atoms with Crippen molar-refractivity contribution in [2.75, 3.05) is 6.54 Å². The SMILES string of the molecule is NC(Cc1c[nH]c2ccccc12)c1nc(C(=O)NCCCc2ccccc2)co1. The van der Waals surface area contributed by atoms with Crippen LogP contribution >= 0.6 is 0 Å². The Bertz CT molecular complexity index is 1080. The van der Waals surface area contributed by atoms with Gasteiger partial charge in [0.2, 0.25) is 5.89 Å². The van der Waals surface area contributed by atoms with Crippen LogP contribution in [0, 0.1) is 0 Å². The summed E-state index contributed by atoms with van der Waals surface area (Å²) < 4.78 is 5.48. The number of fused-ring (bicyclic) bond motifs is 1. The van der Waals surface area contributed by atoms with Crippen molar-refractivity contribution in [1.82, 2.24) is 15.3 Å². The van der Waals surface area contributed by atoms with E-state index in [-0.39, 0.29) is 11.6 Å². The summed E-state index contributed by atoms with van der Waals surface area (Å²) >= 11 is 0. The maximum Gasteiger partial charge on any atom is 0.273 e. The van der Waals surface area contributed by atoms with Gasteiger partial charge in [-0.05, 0) is 36.5 Å². The van der Waals surface area contributed by atoms with Crippen molar-refractivity contribution >= 4 is 16.8 Å². The van der Waals surface area contributed by atoms with Crippen LogP contribution in [0.15, 0.2) is 71.5 Å². The Morgan fingerprint density at radius 2 is 1.93 bits per heavy atom. The van der Waals surface area contributed by atoms with E-state index in [9.17, 15) is 4.79 Å². The molecule has 4 N–H and O–H groups in total. The van der Waals surface area contributed by atoms with Gasteiger partial charge in [0.05, 0.1) is 6.04 Å². The van der Waals surface area contributed by atoms with Crippen molar-refractivity contribution in [3.8, 4) is 0 Å². The van der Waals surface area contributed by atoms with Crippen LogP contribution in [0.4, 0.5) is 0 Å². The van der Waals surface area contributed by atoms with Crippen molar-refractivity contribution in [3.63, 3.8) is 0 Å². The molecule has 4 aromatic rings. The number of aromatic amines is 1. The van der Waals surface area contributed by atoms with Crippen LogP contribution in [-0.4, -0.2) is 22.4 Å². The fourth-order valence-electron chi connectivity index (χ4n) is 3.42. The first-order valence-electron chi connectivity index (χ1n) is 9.79. The molecule has 0 saturated carbocycles. The second-order valence-electron chi connectivity index (χ2n) is 7.09. The number of oxazole rings is 1. The van der Waals surface area contributed by atoms with Gasteiger partial charge in [0, 0.05) is 23.6 Å². The summed E-state index contributed by atoms with van der Waals surface area (Å²) in [5, 5.41) is 4.01. The summed E-state index contributed by atoms with van der Waals surface area (Å²) in [5.41, 5.74) is 9.95. The van der Waals surface area contributed by atoms with Gasteiger partial charge in [0.1, 0.15) is 6.26 Å². The monoisotopic (exact) mass is 388 g/mol. The van der Waals surface area contributed by atoms with Gasteiger partial charge in [-0.25, -0.2) is 4.98 Å². The Morgan fingerprint density at radius 1 is 1.14 bits per heavy atom. The number of nitrogens with zero attached hydrogens (tertiary/aromatic N) is 1. The molecule has 6 heteroatoms. The van der Waals surface area contributed by atoms with Gasteiger partial charge >= 0.3 is 0 Å². The van der Waals surface area contributed by atoms with Gasteiger partial charge in [-0.3, -0.25) is 4.79 Å². The minimum Gasteiger partial charge on any atom is -0.446 e. The molecule has 4 rings (SSSR count). The van der Waals surface area contributed by atoms with Crippen LogP contribution in [0.3, 0.4) is 0 Å². The average Bonchev–Trinajstić information content (AvgIpc) is 3.40. The molecule has 0 radical (unpaired) electrons. The van der Waals surface area contributed by atoms with E-state index < -0.39 is 6.04 Å². The molecule has 0 aliphatic rings. The number of aryl methyl sites for hydroxylation is 1. The van der Waals surface area contributed by atoms with Gasteiger partial charge in [-0.1, -0.05) is 48.5 Å². The molecule has 0 spiro atoms. The van der Waals surface area contributed by atoms with Gasteiger partial charge in [-0.15, -0.1) is 0 Å². The molecule has 0 fully saturated rings. The van der Waals surface area contributed by atoms with Crippen LogP contribution in [-0.2, 0) is 12.8 Å². The molecule has 2 heterocycles. The highest BCUT2D eigenvalue weighted by Crippen LogP contribution is 2.23. The number of hydrogen-bond acceptors (Lipinski definition) is 4. The Morgan fingerprint density at radius 3 is 2.79 bits per heavy atom. The van der Waals surface area contributed by atoms with Crippen LogP contribution in [0.2, 0.25) is 0 Å². The molecule has 29 heavy (non-hydrogen) atoms. The molecular formula is C23H24N4O2. The lowest BCUT2D eigenvalue weighted by Crippen LogP contribution is -2.25. The van der Waals surface area contributed by atoms with E-state index in [1.807, 2.05) is 42.6 Å². The third kappa shape index (κ3) is 4.55. The van der Waals surface area contributed by atoms with Crippen LogP contribution in [0.25, 0.3) is 10.9 Å². The number of aromatic nitrogens is 2. The molecule has 2 aromatic heterocycles. The first kappa shape index (κ1) is 19.0. The van der Waals surface area contributed by atoms with Gasteiger partial charge in [0.15, 0.2) is 5.69 Å². The number of benzene rings is 2. The molecule has 6 nitrogen and oxygen atoms in total. The second kappa shape index (κ2) is 8.75. The van der Waals surface area contributed by atoms with Crippen molar-refractivity contribution in [2.45, 2.75) is 25.3 Å². The van der Waals surface area contributed by atoms with Gasteiger partial charge in [0.25, 0.3) is 5.91 Å². The van der Waals surface area contributed by atoms with Crippen LogP contribution < -0.4 is 11.1 Å². The first-order chi connectivity index (χ1) is 14.2. The number of carbonyl (C=O) groups excluding carboxylic acids is 1. The van der Waals surface area contributed by atoms with E-state index in [0.29, 0.717) is 18.9 Å². The Kier molecular flexibility index (Phi) is 5.72. The minimum atomic E-state index is -0.422. The highest BCUT2D eigenvalue weighted by atomic mass is 16.3. The van der Waals surface area contributed by atoms with Crippen molar-refractivity contribution in [3.05, 3.63) is 89.8 Å². The number of amides is 1. The summed E-state index contributed by atoms with van der Waals surface area (Å²) in [4.78, 5) is 19.8. The number of rotatable bonds is 8. The van der Waals surface area contributed by atoms with Gasteiger partial charge in [-0.2, -0.15) is 0 Å². The number of carbonyl (C=O) groups is 1. The molecule has 0 aliphatic carbocycles. The molecule has 0 bridgehead atoms. The number of nitrogens with one attached hydrogen (secondary N) is 2. The van der Waals surface area contributed by atoms with Crippen molar-refractivity contribution in [1.29, 1.82) is 0 Å². The zero-order valence-electron chi connectivity index (χ0n) is 16.1. The Hall–Kier alpha value is -3.38. The molecule has 0 saturated heterocycles. The average molecular weight is 388 g/mol. The maximum absolute atomic E-state index is 12.3. The summed E-state index contributed by atoms with van der Waals surface area (Å²) in [6.07, 6.45) is 5.68. The van der Waals surface area contributed by atoms with E-state index in [1.165, 1.54) is 11.8 Å². The van der Waals surface area contributed by atoms with E-state index in [4.69, 9.17) is 10.2 Å². The highest BCUT2D eigenvalue weighted by molar-refractivity contribution is 5.91. The lowest BCUT2D eigenvalue weighted by molar-refractivity contribution is 0.0948. The number of H-pyrrole nitrogens is 1. The third-order valence-corrected chi connectivity index (χ3v) is 4.96. The maximum atomic E-state index is 12.3. The summed E-state index contributed by atoms with van der Waals surface area (Å²) in [5.74, 6) is 0.122. The van der Waals surface area contributed by atoms with E-state index >= 15 is 0 Å². The van der Waals surface area contributed by atoms with Gasteiger partial charge < -0.3 is 20.5 Å². The predicted molar refractivity (Wildman–Crippen MR) is 113 cm³/mol. The first-order valence-corrected chi connectivity index (χ1v) is 9.79. The van der Waals surface area contributed by atoms with E-state index in [1.54, 1.807) is 0 Å². The van der Waals surface area contributed by atoms with Crippen molar-refractivity contribution < 1.29 is 9.21 Å². The lowest BCUT2D eigenvalue weighted by atomic mass is 10.1. The van der Waals surface area contributed by atoms with Crippen LogP contribution in [0.1, 0.15) is 40.0 Å². The normalized spacial score (nSPS) is 12.2. The molecule has 2 aromatic carbocycles. The zero-order valence-corrected chi connectivity index (χ0v) is 16.1. The summed E-state index contributed by atoms with van der Waals surface area (Å²) in [6, 6.07) is 17.8. The number of hydrogen-bond donors (Lipinski definition) is 3. The highest BCUT2D eigenvalue weighted by Gasteiger charge is 2.18. The smallest absolute Gasteiger partial charge is 0.273 e. The fraction of sp³-hybridized carbons (Fsp3) is 0.217. The number of para-hydroxylation sites is 1. The predicted octanol–water partition coefficient (Wildman–Crippen LogP) is 3.76. The Balaban J connectivity index is 1.30. The molecule has 148 valence electrons. The fourth-order valence-corrected chi connectivity index (χ4v) is 3.42. The molecule has 1 atom stereocenters. The van der Waals surface area contributed by atoms with Crippen LogP contribution in [0.5, 0.6) is 0 Å². The zero-order chi connectivity index (χ0) is 20.1. The van der Waals surface area contributed by atoms with E-state index in [2.05, 4.69) is 33.5 Å². The molecule has 0 aliphatic heterocycles. The summed E-state index contributed by atoms with van der Waals surface area (Å²) in [6.45, 7) is 0.581. The van der Waals surface area contributed by atoms with Crippen molar-refractivity contribution in [2.24, 2.45) is 5.73 Å². The summed E-state index contributed by atoms with van der Waals surface area (Å²) in [7, 11) is 0. The standard InChI is InChI=1S/C23H24N4O2/c24-19(13-17-14-26-20-11-5-4-10-18(17)20)23-27-21(15-29-23)22(28)25-12-6-9-16-7-2-1-3-8-16/h1-5,7-8,10-11,14-15,19,26H,6,9,12-13,24H2,(H,25,28).